The van der Waals surface area contributed by atoms with E-state index in [9.17, 15) is 9.59 Å². The van der Waals surface area contributed by atoms with Crippen LogP contribution in [0.5, 0.6) is 5.88 Å². The first-order chi connectivity index (χ1) is 23.9. The fourth-order valence-electron chi connectivity index (χ4n) is 7.68. The minimum absolute atomic E-state index is 0.101. The normalized spacial score (nSPS) is 26.2. The van der Waals surface area contributed by atoms with Gasteiger partial charge in [-0.2, -0.15) is 0 Å². The monoisotopic (exact) mass is 700 g/mol. The Bertz CT molecular complexity index is 1800. The smallest absolute Gasteiger partial charge is 0.220 e. The average Bonchev–Trinajstić information content (AvgIpc) is 3.74. The van der Waals surface area contributed by atoms with Crippen LogP contribution in [0.2, 0.25) is 5.02 Å². The number of nitrogens with zero attached hydrogens (tertiary/aromatic N) is 2. The van der Waals surface area contributed by atoms with Crippen LogP contribution in [-0.2, 0) is 28.0 Å². The van der Waals surface area contributed by atoms with Crippen molar-refractivity contribution in [2.75, 3.05) is 20.2 Å². The van der Waals surface area contributed by atoms with Crippen LogP contribution in [-0.4, -0.2) is 59.4 Å². The molecule has 3 aromatic rings. The van der Waals surface area contributed by atoms with E-state index in [4.69, 9.17) is 37.9 Å². The number of hydrogen-bond acceptors (Lipinski definition) is 7. The zero-order valence-corrected chi connectivity index (χ0v) is 29.1. The van der Waals surface area contributed by atoms with Crippen LogP contribution in [0.4, 0.5) is 0 Å². The third kappa shape index (κ3) is 6.86. The molecule has 0 radical (unpaired) electrons. The van der Waals surface area contributed by atoms with Gasteiger partial charge in [0.25, 0.3) is 0 Å². The molecule has 4 heterocycles. The second-order valence-corrected chi connectivity index (χ2v) is 14.3. The number of nitrogens with one attached hydrogen (secondary N) is 4. The molecule has 2 unspecified atom stereocenters. The maximum atomic E-state index is 11.8. The number of alkyl halides is 1. The Balaban J connectivity index is 1.23. The fourth-order valence-corrected chi connectivity index (χ4v) is 8.42. The van der Waals surface area contributed by atoms with Gasteiger partial charge in [-0.05, 0) is 66.5 Å². The lowest BCUT2D eigenvalue weighted by molar-refractivity contribution is -0.120. The lowest BCUT2D eigenvalue weighted by atomic mass is 9.68. The van der Waals surface area contributed by atoms with Gasteiger partial charge < -0.3 is 26.0 Å². The van der Waals surface area contributed by atoms with Gasteiger partial charge in [0.1, 0.15) is 0 Å². The van der Waals surface area contributed by atoms with Crippen molar-refractivity contribution in [2.24, 2.45) is 0 Å². The number of rotatable bonds is 11. The summed E-state index contributed by atoms with van der Waals surface area (Å²) in [5.41, 5.74) is 5.73. The van der Waals surface area contributed by atoms with Crippen LogP contribution in [0.25, 0.3) is 5.57 Å². The van der Waals surface area contributed by atoms with Crippen molar-refractivity contribution in [3.05, 3.63) is 106 Å². The molecule has 2 amide bonds. The topological polar surface area (TPSA) is 117 Å². The molecule has 2 aliphatic carbocycles. The predicted molar refractivity (Wildman–Crippen MR) is 192 cm³/mol. The number of halogens is 2. The lowest BCUT2D eigenvalue weighted by Gasteiger charge is -2.39. The van der Waals surface area contributed by atoms with E-state index < -0.39 is 10.8 Å². The average molecular weight is 702 g/mol. The molecule has 9 nitrogen and oxygen atoms in total. The van der Waals surface area contributed by atoms with Crippen molar-refractivity contribution in [3.63, 3.8) is 0 Å². The van der Waals surface area contributed by atoms with Crippen LogP contribution in [0.3, 0.4) is 0 Å². The number of carbonyl (C=O) groups is 2. The summed E-state index contributed by atoms with van der Waals surface area (Å²) < 4.78 is 5.87. The van der Waals surface area contributed by atoms with E-state index in [2.05, 4.69) is 33.4 Å². The van der Waals surface area contributed by atoms with Gasteiger partial charge in [-0.25, -0.2) is 4.98 Å². The van der Waals surface area contributed by atoms with Gasteiger partial charge in [0.2, 0.25) is 17.7 Å². The molecule has 49 heavy (non-hydrogen) atoms. The van der Waals surface area contributed by atoms with Gasteiger partial charge in [0, 0.05) is 67.4 Å². The summed E-state index contributed by atoms with van der Waals surface area (Å²) in [5.74, 6) is 0.739. The number of fused-ring (bicyclic) bond motifs is 1. The van der Waals surface area contributed by atoms with E-state index in [-0.39, 0.29) is 29.9 Å². The van der Waals surface area contributed by atoms with Crippen LogP contribution in [0, 0.1) is 0 Å². The third-order valence-corrected chi connectivity index (χ3v) is 11.2. The first kappa shape index (κ1) is 33.7. The number of benzene rings is 1. The van der Waals surface area contributed by atoms with E-state index in [1.54, 1.807) is 7.11 Å². The van der Waals surface area contributed by atoms with Gasteiger partial charge in [-0.1, -0.05) is 60.2 Å². The van der Waals surface area contributed by atoms with Crippen molar-refractivity contribution >= 4 is 40.6 Å². The summed E-state index contributed by atoms with van der Waals surface area (Å²) in [4.78, 5) is 33.6. The summed E-state index contributed by atoms with van der Waals surface area (Å²) in [7, 11) is 1.63. The quantitative estimate of drug-likeness (QED) is 0.201. The van der Waals surface area contributed by atoms with E-state index in [1.165, 1.54) is 5.56 Å². The Morgan fingerprint density at radius 2 is 1.78 bits per heavy atom. The van der Waals surface area contributed by atoms with Crippen LogP contribution >= 0.6 is 23.2 Å². The highest BCUT2D eigenvalue weighted by Crippen LogP contribution is 2.49. The Labute approximate surface area is 297 Å². The number of amides is 2. The predicted octanol–water partition coefficient (Wildman–Crippen LogP) is 5.30. The molecular weight excluding hydrogens is 659 g/mol. The summed E-state index contributed by atoms with van der Waals surface area (Å²) in [6.45, 7) is 1.94. The molecule has 11 heteroatoms. The first-order valence-corrected chi connectivity index (χ1v) is 18.0. The summed E-state index contributed by atoms with van der Waals surface area (Å²) in [6, 6.07) is 14.5. The Morgan fingerprint density at radius 3 is 2.51 bits per heavy atom. The highest BCUT2D eigenvalue weighted by Gasteiger charge is 2.45. The van der Waals surface area contributed by atoms with Gasteiger partial charge >= 0.3 is 0 Å². The molecule has 0 bridgehead atoms. The molecule has 2 saturated heterocycles. The molecule has 5 atom stereocenters. The van der Waals surface area contributed by atoms with E-state index in [0.29, 0.717) is 36.8 Å². The van der Waals surface area contributed by atoms with E-state index in [1.807, 2.05) is 54.7 Å². The van der Waals surface area contributed by atoms with E-state index in [0.717, 1.165) is 72.3 Å². The molecule has 256 valence electrons. The molecule has 4 N–H and O–H groups in total. The van der Waals surface area contributed by atoms with Crippen molar-refractivity contribution < 1.29 is 14.3 Å². The number of pyridine rings is 2. The van der Waals surface area contributed by atoms with Crippen molar-refractivity contribution in [1.82, 2.24) is 31.2 Å². The maximum absolute atomic E-state index is 11.8. The second-order valence-electron chi connectivity index (χ2n) is 13.4. The van der Waals surface area contributed by atoms with Gasteiger partial charge in [0.15, 0.2) is 0 Å². The SMILES string of the molecule is COc1nc(C2(c3cnc4c(c3)CCC[C@H]4NC[C@@H]3CCC(=O)N3)C=CC=C(c3ccccc3Cl)C2Cl)ccc1CNC[C@H]1CCC(=O)N1. The minimum Gasteiger partial charge on any atom is -0.481 e. The highest BCUT2D eigenvalue weighted by molar-refractivity contribution is 6.34. The van der Waals surface area contributed by atoms with Crippen molar-refractivity contribution in [3.8, 4) is 5.88 Å². The molecular formula is C38H42Cl2N6O3. The van der Waals surface area contributed by atoms with E-state index >= 15 is 0 Å². The summed E-state index contributed by atoms with van der Waals surface area (Å²) in [5, 5.41) is 13.3. The zero-order chi connectivity index (χ0) is 34.0. The number of aromatic nitrogens is 2. The molecule has 7 rings (SSSR count). The maximum Gasteiger partial charge on any atom is 0.220 e. The van der Waals surface area contributed by atoms with Gasteiger partial charge in [-0.3, -0.25) is 14.6 Å². The van der Waals surface area contributed by atoms with Gasteiger partial charge in [0.05, 0.1) is 29.3 Å². The highest BCUT2D eigenvalue weighted by atomic mass is 35.5. The van der Waals surface area contributed by atoms with Crippen LogP contribution in [0.15, 0.2) is 66.9 Å². The standard InChI is InChI=1S/C38H42Cl2N6O3/c1-49-37-24(19-41-21-26-12-15-33(47)44-26)11-14-32(46-37)38(17-5-8-29(36(38)40)28-7-2-3-9-30(28)39)25-18-23-6-4-10-31(35(23)43-20-25)42-22-27-13-16-34(48)45-27/h2-3,5,7-9,11,14,17-18,20,26-27,31,36,41-42H,4,6,10,12-13,15-16,19,21-22H2,1H3,(H,44,47)(H,45,48)/t26-,27+,31-,36?,38?/m1/s1. The molecule has 2 aliphatic heterocycles. The summed E-state index contributed by atoms with van der Waals surface area (Å²) in [6.07, 6.45) is 13.9. The minimum atomic E-state index is -0.880. The number of carbonyl (C=O) groups excluding carboxylic acids is 2. The lowest BCUT2D eigenvalue weighted by Crippen LogP contribution is -2.40. The van der Waals surface area contributed by atoms with Crippen LogP contribution < -0.4 is 26.0 Å². The largest absolute Gasteiger partial charge is 0.481 e. The summed E-state index contributed by atoms with van der Waals surface area (Å²) >= 11 is 14.4. The molecule has 1 aromatic carbocycles. The van der Waals surface area contributed by atoms with Gasteiger partial charge in [-0.15, -0.1) is 11.6 Å². The van der Waals surface area contributed by atoms with Crippen molar-refractivity contribution in [2.45, 2.75) is 80.4 Å². The van der Waals surface area contributed by atoms with Crippen LogP contribution in [0.1, 0.15) is 78.2 Å². The zero-order valence-electron chi connectivity index (χ0n) is 27.6. The Kier molecular flexibility index (Phi) is 10.1. The molecule has 2 fully saturated rings. The number of aryl methyl sites for hydroxylation is 1. The molecule has 4 aliphatic rings. The van der Waals surface area contributed by atoms with Crippen molar-refractivity contribution in [1.29, 1.82) is 0 Å². The molecule has 0 saturated carbocycles. The number of hydrogen-bond donors (Lipinski definition) is 4. The Morgan fingerprint density at radius 1 is 1.00 bits per heavy atom. The number of ether oxygens (including phenoxy) is 1. The second kappa shape index (κ2) is 14.6. The molecule has 2 aromatic heterocycles. The third-order valence-electron chi connectivity index (χ3n) is 10.3. The Hall–Kier alpha value is -3.76. The first-order valence-electron chi connectivity index (χ1n) is 17.2. The fraction of sp³-hybridized carbons (Fsp3) is 0.421. The molecule has 0 spiro atoms. The number of allylic oxidation sites excluding steroid dienone is 4. The number of methoxy groups -OCH3 is 1.